The molecule has 1 saturated heterocycles. The fourth-order valence-electron chi connectivity index (χ4n) is 3.33. The number of amides is 2. The molecule has 1 heterocycles. The van der Waals surface area contributed by atoms with E-state index in [1.165, 1.54) is 0 Å². The van der Waals surface area contributed by atoms with E-state index in [4.69, 9.17) is 0 Å². The highest BCUT2D eigenvalue weighted by molar-refractivity contribution is 5.91. The van der Waals surface area contributed by atoms with Gasteiger partial charge >= 0.3 is 5.97 Å². The predicted molar refractivity (Wildman–Crippen MR) is 72.0 cm³/mol. The fourth-order valence-corrected chi connectivity index (χ4v) is 3.33. The highest BCUT2D eigenvalue weighted by Crippen LogP contribution is 2.42. The van der Waals surface area contributed by atoms with Crippen LogP contribution in [0.15, 0.2) is 0 Å². The van der Waals surface area contributed by atoms with Crippen LogP contribution in [-0.2, 0) is 14.4 Å². The molecule has 1 aliphatic carbocycles. The number of aliphatic carboxylic acids is 1. The van der Waals surface area contributed by atoms with Gasteiger partial charge in [0.2, 0.25) is 11.8 Å². The molecule has 6 nitrogen and oxygen atoms in total. The minimum atomic E-state index is -0.913. The van der Waals surface area contributed by atoms with Crippen LogP contribution in [-0.4, -0.2) is 46.9 Å². The Morgan fingerprint density at radius 2 is 2.05 bits per heavy atom. The second-order valence-electron chi connectivity index (χ2n) is 5.77. The van der Waals surface area contributed by atoms with Crippen LogP contribution >= 0.6 is 0 Å². The van der Waals surface area contributed by atoms with Crippen molar-refractivity contribution in [3.05, 3.63) is 0 Å². The van der Waals surface area contributed by atoms with Crippen molar-refractivity contribution in [2.45, 2.75) is 51.5 Å². The van der Waals surface area contributed by atoms with Gasteiger partial charge in [-0.3, -0.25) is 14.4 Å². The van der Waals surface area contributed by atoms with E-state index in [2.05, 4.69) is 5.32 Å². The summed E-state index contributed by atoms with van der Waals surface area (Å²) in [5.74, 6) is -1.21. The number of piperazine rings is 1. The standard InChI is InChI=1S/C14H22N2O4/c1-2-10-12(18)15-7-8-16(10)11(17)9-14(13(19)20)5-3-4-6-14/h10H,2-9H2,1H3,(H,15,18)(H,19,20). The van der Waals surface area contributed by atoms with Crippen LogP contribution in [0.2, 0.25) is 0 Å². The van der Waals surface area contributed by atoms with Gasteiger partial charge in [-0.2, -0.15) is 0 Å². The number of hydrogen-bond donors (Lipinski definition) is 2. The summed E-state index contributed by atoms with van der Waals surface area (Å²) >= 11 is 0. The maximum atomic E-state index is 12.5. The van der Waals surface area contributed by atoms with E-state index in [0.717, 1.165) is 12.8 Å². The van der Waals surface area contributed by atoms with Crippen LogP contribution in [0.25, 0.3) is 0 Å². The zero-order valence-electron chi connectivity index (χ0n) is 11.9. The number of hydrogen-bond acceptors (Lipinski definition) is 3. The van der Waals surface area contributed by atoms with Crippen molar-refractivity contribution in [1.82, 2.24) is 10.2 Å². The van der Waals surface area contributed by atoms with Crippen LogP contribution in [0.4, 0.5) is 0 Å². The summed E-state index contributed by atoms with van der Waals surface area (Å²) in [6.07, 6.45) is 3.41. The average molecular weight is 282 g/mol. The minimum absolute atomic E-state index is 0.0200. The summed E-state index contributed by atoms with van der Waals surface area (Å²) < 4.78 is 0. The van der Waals surface area contributed by atoms with E-state index in [9.17, 15) is 19.5 Å². The van der Waals surface area contributed by atoms with Gasteiger partial charge in [0, 0.05) is 19.5 Å². The number of carbonyl (C=O) groups is 3. The van der Waals surface area contributed by atoms with Crippen LogP contribution in [0.5, 0.6) is 0 Å². The van der Waals surface area contributed by atoms with Crippen molar-refractivity contribution in [3.63, 3.8) is 0 Å². The number of nitrogens with one attached hydrogen (secondary N) is 1. The van der Waals surface area contributed by atoms with Gasteiger partial charge in [-0.25, -0.2) is 0 Å². The lowest BCUT2D eigenvalue weighted by atomic mass is 9.82. The van der Waals surface area contributed by atoms with Crippen molar-refractivity contribution < 1.29 is 19.5 Å². The SMILES string of the molecule is CCC1C(=O)NCCN1C(=O)CC1(C(=O)O)CCCC1. The average Bonchev–Trinajstić information content (AvgIpc) is 2.88. The van der Waals surface area contributed by atoms with Crippen molar-refractivity contribution in [3.8, 4) is 0 Å². The Morgan fingerprint density at radius 1 is 1.40 bits per heavy atom. The summed E-state index contributed by atoms with van der Waals surface area (Å²) in [5.41, 5.74) is -0.913. The lowest BCUT2D eigenvalue weighted by molar-refractivity contribution is -0.155. The fraction of sp³-hybridized carbons (Fsp3) is 0.786. The molecule has 0 bridgehead atoms. The smallest absolute Gasteiger partial charge is 0.310 e. The predicted octanol–water partition coefficient (Wildman–Crippen LogP) is 0.758. The first-order valence-corrected chi connectivity index (χ1v) is 7.31. The Hall–Kier alpha value is -1.59. The molecule has 1 atom stereocenters. The monoisotopic (exact) mass is 282 g/mol. The highest BCUT2D eigenvalue weighted by Gasteiger charge is 2.45. The molecule has 0 aromatic rings. The minimum Gasteiger partial charge on any atom is -0.481 e. The van der Waals surface area contributed by atoms with E-state index in [1.54, 1.807) is 4.90 Å². The van der Waals surface area contributed by atoms with Gasteiger partial charge in [-0.05, 0) is 19.3 Å². The van der Waals surface area contributed by atoms with Crippen molar-refractivity contribution in [2.24, 2.45) is 5.41 Å². The topological polar surface area (TPSA) is 86.7 Å². The van der Waals surface area contributed by atoms with Crippen molar-refractivity contribution in [2.75, 3.05) is 13.1 Å². The van der Waals surface area contributed by atoms with Crippen LogP contribution in [0.3, 0.4) is 0 Å². The molecule has 2 aliphatic rings. The summed E-state index contributed by atoms with van der Waals surface area (Å²) in [4.78, 5) is 37.3. The molecule has 2 N–H and O–H groups in total. The third-order valence-electron chi connectivity index (χ3n) is 4.54. The molecule has 1 aliphatic heterocycles. The van der Waals surface area contributed by atoms with Gasteiger partial charge in [-0.15, -0.1) is 0 Å². The third kappa shape index (κ3) is 2.64. The molecular weight excluding hydrogens is 260 g/mol. The first-order chi connectivity index (χ1) is 9.50. The second-order valence-corrected chi connectivity index (χ2v) is 5.77. The highest BCUT2D eigenvalue weighted by atomic mass is 16.4. The van der Waals surface area contributed by atoms with Gasteiger partial charge in [0.05, 0.1) is 5.41 Å². The van der Waals surface area contributed by atoms with Crippen LogP contribution < -0.4 is 5.32 Å². The Morgan fingerprint density at radius 3 is 2.60 bits per heavy atom. The number of nitrogens with zero attached hydrogens (tertiary/aromatic N) is 1. The molecule has 2 fully saturated rings. The molecule has 1 saturated carbocycles. The van der Waals surface area contributed by atoms with Crippen molar-refractivity contribution >= 4 is 17.8 Å². The molecule has 112 valence electrons. The zero-order valence-corrected chi connectivity index (χ0v) is 11.9. The molecule has 0 aromatic heterocycles. The molecular formula is C14H22N2O4. The maximum Gasteiger partial charge on any atom is 0.310 e. The Kier molecular flexibility index (Phi) is 4.30. The van der Waals surface area contributed by atoms with Gasteiger partial charge in [0.25, 0.3) is 0 Å². The summed E-state index contributed by atoms with van der Waals surface area (Å²) in [5, 5.41) is 12.2. The van der Waals surface area contributed by atoms with E-state index in [-0.39, 0.29) is 18.2 Å². The third-order valence-corrected chi connectivity index (χ3v) is 4.54. The maximum absolute atomic E-state index is 12.5. The number of carboxylic acid groups (broad SMARTS) is 1. The molecule has 20 heavy (non-hydrogen) atoms. The van der Waals surface area contributed by atoms with E-state index < -0.39 is 17.4 Å². The molecule has 2 amide bonds. The van der Waals surface area contributed by atoms with Crippen LogP contribution in [0, 0.1) is 5.41 Å². The number of carboxylic acids is 1. The Labute approximate surface area is 118 Å². The number of rotatable bonds is 4. The van der Waals surface area contributed by atoms with E-state index in [1.807, 2.05) is 6.92 Å². The molecule has 1 unspecified atom stereocenters. The normalized spacial score (nSPS) is 25.4. The first kappa shape index (κ1) is 14.8. The Balaban J connectivity index is 2.10. The van der Waals surface area contributed by atoms with Gasteiger partial charge in [0.15, 0.2) is 0 Å². The van der Waals surface area contributed by atoms with Gasteiger partial charge < -0.3 is 15.3 Å². The largest absolute Gasteiger partial charge is 0.481 e. The molecule has 0 aromatic carbocycles. The Bertz CT molecular complexity index is 415. The molecule has 2 rings (SSSR count). The first-order valence-electron chi connectivity index (χ1n) is 7.31. The van der Waals surface area contributed by atoms with Crippen molar-refractivity contribution in [1.29, 1.82) is 0 Å². The second kappa shape index (κ2) is 5.81. The van der Waals surface area contributed by atoms with Gasteiger partial charge in [-0.1, -0.05) is 19.8 Å². The quantitative estimate of drug-likeness (QED) is 0.797. The van der Waals surface area contributed by atoms with E-state index >= 15 is 0 Å². The lowest BCUT2D eigenvalue weighted by Gasteiger charge is -2.36. The molecule has 6 heteroatoms. The number of carbonyl (C=O) groups excluding carboxylic acids is 2. The molecule has 0 radical (unpaired) electrons. The van der Waals surface area contributed by atoms with Gasteiger partial charge in [0.1, 0.15) is 6.04 Å². The lowest BCUT2D eigenvalue weighted by Crippen LogP contribution is -2.57. The summed E-state index contributed by atoms with van der Waals surface area (Å²) in [6.45, 7) is 2.78. The zero-order chi connectivity index (χ0) is 14.8. The van der Waals surface area contributed by atoms with Crippen LogP contribution in [0.1, 0.15) is 45.4 Å². The molecule has 0 spiro atoms. The summed E-state index contributed by atoms with van der Waals surface area (Å²) in [6, 6.07) is -0.455. The summed E-state index contributed by atoms with van der Waals surface area (Å²) in [7, 11) is 0. The van der Waals surface area contributed by atoms with E-state index in [0.29, 0.717) is 32.4 Å².